The molecule has 0 saturated heterocycles. The number of rotatable bonds is 4. The monoisotopic (exact) mass is 326 g/mol. The predicted molar refractivity (Wildman–Crippen MR) is 75.6 cm³/mol. The number of nitrogens with two attached hydrogens (primary N) is 1. The molecule has 1 heterocycles. The lowest BCUT2D eigenvalue weighted by molar-refractivity contribution is 0.294. The summed E-state index contributed by atoms with van der Waals surface area (Å²) in [5, 5.41) is 0.482. The third-order valence-corrected chi connectivity index (χ3v) is 3.19. The molecule has 3 nitrogen and oxygen atoms in total. The molecule has 2 rings (SSSR count). The van der Waals surface area contributed by atoms with Gasteiger partial charge in [-0.05, 0) is 29.3 Å². The van der Waals surface area contributed by atoms with Gasteiger partial charge in [-0.25, -0.2) is 4.98 Å². The van der Waals surface area contributed by atoms with Crippen molar-refractivity contribution < 1.29 is 4.74 Å². The summed E-state index contributed by atoms with van der Waals surface area (Å²) in [6.07, 6.45) is 1.67. The van der Waals surface area contributed by atoms with Crippen LogP contribution in [-0.4, -0.2) is 4.98 Å². The van der Waals surface area contributed by atoms with Gasteiger partial charge in [0.2, 0.25) is 5.88 Å². The van der Waals surface area contributed by atoms with E-state index in [-0.39, 0.29) is 0 Å². The maximum Gasteiger partial charge on any atom is 0.232 e. The Balaban J connectivity index is 2.04. The van der Waals surface area contributed by atoms with Crippen molar-refractivity contribution in [1.29, 1.82) is 0 Å². The van der Waals surface area contributed by atoms with Crippen LogP contribution in [0.2, 0.25) is 5.02 Å². The SMILES string of the molecule is NCc1cnc(OCc2ccc(Br)cc2)c(Cl)c1. The van der Waals surface area contributed by atoms with Gasteiger partial charge in [0, 0.05) is 17.2 Å². The molecular formula is C13H12BrClN2O. The van der Waals surface area contributed by atoms with Crippen molar-refractivity contribution in [2.75, 3.05) is 0 Å². The minimum absolute atomic E-state index is 0.416. The zero-order valence-electron chi connectivity index (χ0n) is 9.57. The van der Waals surface area contributed by atoms with E-state index in [1.807, 2.05) is 24.3 Å². The van der Waals surface area contributed by atoms with Crippen LogP contribution < -0.4 is 10.5 Å². The van der Waals surface area contributed by atoms with Crippen LogP contribution in [0.1, 0.15) is 11.1 Å². The number of aromatic nitrogens is 1. The molecule has 0 unspecified atom stereocenters. The fourth-order valence-corrected chi connectivity index (χ4v) is 1.92. The fraction of sp³-hybridized carbons (Fsp3) is 0.154. The zero-order valence-corrected chi connectivity index (χ0v) is 11.9. The molecule has 1 aromatic heterocycles. The first-order chi connectivity index (χ1) is 8.69. The number of hydrogen-bond donors (Lipinski definition) is 1. The molecule has 0 spiro atoms. The summed E-state index contributed by atoms with van der Waals surface area (Å²) in [6, 6.07) is 9.65. The third kappa shape index (κ3) is 3.45. The lowest BCUT2D eigenvalue weighted by Gasteiger charge is -2.08. The summed E-state index contributed by atoms with van der Waals surface area (Å²) in [5.41, 5.74) is 7.44. The molecule has 0 aliphatic heterocycles. The normalized spacial score (nSPS) is 10.4. The van der Waals surface area contributed by atoms with E-state index >= 15 is 0 Å². The second-order valence-corrected chi connectivity index (χ2v) is 5.07. The Morgan fingerprint density at radius 2 is 1.94 bits per heavy atom. The van der Waals surface area contributed by atoms with Crippen LogP contribution >= 0.6 is 27.5 Å². The minimum Gasteiger partial charge on any atom is -0.472 e. The lowest BCUT2D eigenvalue weighted by Crippen LogP contribution is -2.01. The van der Waals surface area contributed by atoms with Crippen molar-refractivity contribution in [3.05, 3.63) is 57.2 Å². The molecule has 0 saturated carbocycles. The highest BCUT2D eigenvalue weighted by Gasteiger charge is 2.04. The van der Waals surface area contributed by atoms with Gasteiger partial charge < -0.3 is 10.5 Å². The molecule has 0 fully saturated rings. The van der Waals surface area contributed by atoms with Gasteiger partial charge in [0.1, 0.15) is 11.6 Å². The van der Waals surface area contributed by atoms with Crippen LogP contribution in [0.4, 0.5) is 0 Å². The van der Waals surface area contributed by atoms with Gasteiger partial charge in [-0.2, -0.15) is 0 Å². The number of ether oxygens (including phenoxy) is 1. The molecule has 0 amide bonds. The largest absolute Gasteiger partial charge is 0.472 e. The minimum atomic E-state index is 0.416. The topological polar surface area (TPSA) is 48.1 Å². The Hall–Kier alpha value is -1.10. The highest BCUT2D eigenvalue weighted by molar-refractivity contribution is 9.10. The number of halogens is 2. The first-order valence-electron chi connectivity index (χ1n) is 5.41. The molecule has 94 valence electrons. The number of benzene rings is 1. The van der Waals surface area contributed by atoms with E-state index in [0.717, 1.165) is 15.6 Å². The second-order valence-electron chi connectivity index (χ2n) is 3.75. The van der Waals surface area contributed by atoms with E-state index in [0.29, 0.717) is 24.1 Å². The first kappa shape index (κ1) is 13.3. The van der Waals surface area contributed by atoms with Crippen molar-refractivity contribution in [1.82, 2.24) is 4.98 Å². The van der Waals surface area contributed by atoms with Crippen LogP contribution in [-0.2, 0) is 13.2 Å². The van der Waals surface area contributed by atoms with E-state index in [9.17, 15) is 0 Å². The summed E-state index contributed by atoms with van der Waals surface area (Å²) in [4.78, 5) is 4.14. The van der Waals surface area contributed by atoms with Gasteiger partial charge in [-0.1, -0.05) is 39.7 Å². The van der Waals surface area contributed by atoms with Crippen LogP contribution in [0.5, 0.6) is 5.88 Å². The standard InChI is InChI=1S/C13H12BrClN2O/c14-11-3-1-9(2-4-11)8-18-13-12(15)5-10(6-16)7-17-13/h1-5,7H,6,8,16H2. The Morgan fingerprint density at radius 1 is 1.22 bits per heavy atom. The Morgan fingerprint density at radius 3 is 2.56 bits per heavy atom. The van der Waals surface area contributed by atoms with E-state index in [2.05, 4.69) is 20.9 Å². The summed E-state index contributed by atoms with van der Waals surface area (Å²) in [7, 11) is 0. The molecule has 0 aliphatic rings. The van der Waals surface area contributed by atoms with E-state index < -0.39 is 0 Å². The second kappa shape index (κ2) is 6.18. The molecule has 5 heteroatoms. The van der Waals surface area contributed by atoms with E-state index in [4.69, 9.17) is 22.1 Å². The molecule has 0 bridgehead atoms. The third-order valence-electron chi connectivity index (χ3n) is 2.39. The number of pyridine rings is 1. The average molecular weight is 328 g/mol. The highest BCUT2D eigenvalue weighted by atomic mass is 79.9. The first-order valence-corrected chi connectivity index (χ1v) is 6.58. The maximum atomic E-state index is 6.05. The van der Waals surface area contributed by atoms with Gasteiger partial charge in [0.15, 0.2) is 0 Å². The molecule has 0 atom stereocenters. The maximum absolute atomic E-state index is 6.05. The molecular weight excluding hydrogens is 316 g/mol. The van der Waals surface area contributed by atoms with Crippen molar-refractivity contribution in [2.24, 2.45) is 5.73 Å². The molecule has 2 N–H and O–H groups in total. The van der Waals surface area contributed by atoms with Gasteiger partial charge >= 0.3 is 0 Å². The van der Waals surface area contributed by atoms with Crippen molar-refractivity contribution in [2.45, 2.75) is 13.2 Å². The van der Waals surface area contributed by atoms with Gasteiger partial charge in [-0.15, -0.1) is 0 Å². The average Bonchev–Trinajstić information content (AvgIpc) is 2.39. The molecule has 0 radical (unpaired) electrons. The summed E-state index contributed by atoms with van der Waals surface area (Å²) >= 11 is 9.43. The van der Waals surface area contributed by atoms with Crippen molar-refractivity contribution >= 4 is 27.5 Å². The molecule has 0 aliphatic carbocycles. The van der Waals surface area contributed by atoms with Crippen LogP contribution in [0, 0.1) is 0 Å². The Bertz CT molecular complexity index is 531. The van der Waals surface area contributed by atoms with Gasteiger partial charge in [0.25, 0.3) is 0 Å². The molecule has 2 aromatic rings. The van der Waals surface area contributed by atoms with Crippen molar-refractivity contribution in [3.63, 3.8) is 0 Å². The number of hydrogen-bond acceptors (Lipinski definition) is 3. The van der Waals surface area contributed by atoms with Crippen molar-refractivity contribution in [3.8, 4) is 5.88 Å². The fourth-order valence-electron chi connectivity index (χ4n) is 1.42. The van der Waals surface area contributed by atoms with Gasteiger partial charge in [0.05, 0.1) is 0 Å². The predicted octanol–water partition coefficient (Wildman–Crippen LogP) is 3.54. The van der Waals surface area contributed by atoms with Crippen LogP contribution in [0.3, 0.4) is 0 Å². The summed E-state index contributed by atoms with van der Waals surface area (Å²) in [5.74, 6) is 0.428. The molecule has 18 heavy (non-hydrogen) atoms. The number of nitrogens with zero attached hydrogens (tertiary/aromatic N) is 1. The Kier molecular flexibility index (Phi) is 4.58. The summed E-state index contributed by atoms with van der Waals surface area (Å²) < 4.78 is 6.60. The Labute approximate surface area is 119 Å². The highest BCUT2D eigenvalue weighted by Crippen LogP contribution is 2.23. The van der Waals surface area contributed by atoms with E-state index in [1.165, 1.54) is 0 Å². The van der Waals surface area contributed by atoms with E-state index in [1.54, 1.807) is 12.3 Å². The molecule has 1 aromatic carbocycles. The lowest BCUT2D eigenvalue weighted by atomic mass is 10.2. The van der Waals surface area contributed by atoms with Crippen LogP contribution in [0.25, 0.3) is 0 Å². The smallest absolute Gasteiger partial charge is 0.232 e. The quantitative estimate of drug-likeness (QED) is 0.934. The summed E-state index contributed by atoms with van der Waals surface area (Å²) in [6.45, 7) is 0.849. The van der Waals surface area contributed by atoms with Gasteiger partial charge in [-0.3, -0.25) is 0 Å². The zero-order chi connectivity index (χ0) is 13.0. The van der Waals surface area contributed by atoms with Crippen LogP contribution in [0.15, 0.2) is 41.0 Å².